The van der Waals surface area contributed by atoms with Crippen LogP contribution < -0.4 is 5.73 Å². The summed E-state index contributed by atoms with van der Waals surface area (Å²) < 4.78 is 0. The molecule has 2 N–H and O–H groups in total. The number of benzene rings is 1. The van der Waals surface area contributed by atoms with Crippen LogP contribution in [0.5, 0.6) is 0 Å². The topological polar surface area (TPSA) is 66.6 Å². The normalized spacial score (nSPS) is 15.6. The largest absolute Gasteiger partial charge is 0.351 e. The number of amides is 3. The fourth-order valence-electron chi connectivity index (χ4n) is 2.01. The first kappa shape index (κ1) is 12.4. The highest BCUT2D eigenvalue weighted by atomic mass is 16.2. The van der Waals surface area contributed by atoms with Crippen molar-refractivity contribution in [3.8, 4) is 0 Å². The zero-order chi connectivity index (χ0) is 13.1. The van der Waals surface area contributed by atoms with Crippen molar-refractivity contribution in [2.75, 3.05) is 26.2 Å². The van der Waals surface area contributed by atoms with E-state index in [9.17, 15) is 9.59 Å². The quantitative estimate of drug-likeness (QED) is 0.798. The molecule has 1 saturated heterocycles. The van der Waals surface area contributed by atoms with Crippen molar-refractivity contribution >= 4 is 11.9 Å². The van der Waals surface area contributed by atoms with Gasteiger partial charge in [-0.2, -0.15) is 0 Å². The number of nitrogens with zero attached hydrogens (tertiary/aromatic N) is 2. The van der Waals surface area contributed by atoms with E-state index >= 15 is 0 Å². The average molecular weight is 247 g/mol. The standard InChI is InChI=1S/C13H17N3O2/c1-10-2-4-11(5-3-10)12(17)15-6-8-16(9-7-15)13(14)18/h2-5H,6-9H2,1H3,(H2,14,18). The van der Waals surface area contributed by atoms with Crippen molar-refractivity contribution < 1.29 is 9.59 Å². The fourth-order valence-corrected chi connectivity index (χ4v) is 2.01. The van der Waals surface area contributed by atoms with Gasteiger partial charge in [0.1, 0.15) is 0 Å². The SMILES string of the molecule is Cc1ccc(C(=O)N2CCN(C(N)=O)CC2)cc1. The van der Waals surface area contributed by atoms with Crippen molar-refractivity contribution in [1.82, 2.24) is 9.80 Å². The summed E-state index contributed by atoms with van der Waals surface area (Å²) in [6.07, 6.45) is 0. The van der Waals surface area contributed by atoms with E-state index in [-0.39, 0.29) is 5.91 Å². The van der Waals surface area contributed by atoms with Crippen LogP contribution in [0, 0.1) is 6.92 Å². The summed E-state index contributed by atoms with van der Waals surface area (Å²) in [6, 6.07) is 7.09. The molecule has 1 aliphatic rings. The number of primary amides is 1. The van der Waals surface area contributed by atoms with Gasteiger partial charge in [0.05, 0.1) is 0 Å². The second-order valence-corrected chi connectivity index (χ2v) is 4.48. The van der Waals surface area contributed by atoms with Crippen molar-refractivity contribution in [1.29, 1.82) is 0 Å². The highest BCUT2D eigenvalue weighted by Crippen LogP contribution is 2.09. The Labute approximate surface area is 106 Å². The molecule has 0 aromatic heterocycles. The molecular formula is C13H17N3O2. The molecular weight excluding hydrogens is 230 g/mol. The van der Waals surface area contributed by atoms with E-state index in [1.54, 1.807) is 9.80 Å². The average Bonchev–Trinajstić information content (AvgIpc) is 2.39. The van der Waals surface area contributed by atoms with E-state index in [1.807, 2.05) is 31.2 Å². The van der Waals surface area contributed by atoms with Crippen LogP contribution >= 0.6 is 0 Å². The first-order valence-electron chi connectivity index (χ1n) is 5.98. The third-order valence-electron chi connectivity index (χ3n) is 3.18. The number of carbonyl (C=O) groups is 2. The molecule has 0 aliphatic carbocycles. The van der Waals surface area contributed by atoms with Crippen molar-refractivity contribution in [3.63, 3.8) is 0 Å². The lowest BCUT2D eigenvalue weighted by Crippen LogP contribution is -2.52. The Bertz CT molecular complexity index is 448. The summed E-state index contributed by atoms with van der Waals surface area (Å²) >= 11 is 0. The van der Waals surface area contributed by atoms with Gasteiger partial charge in [-0.25, -0.2) is 4.79 Å². The van der Waals surface area contributed by atoms with E-state index in [0.29, 0.717) is 31.7 Å². The van der Waals surface area contributed by atoms with E-state index in [4.69, 9.17) is 5.73 Å². The van der Waals surface area contributed by atoms with Crippen molar-refractivity contribution in [2.24, 2.45) is 5.73 Å². The van der Waals surface area contributed by atoms with Gasteiger partial charge in [-0.1, -0.05) is 17.7 Å². The smallest absolute Gasteiger partial charge is 0.314 e. The lowest BCUT2D eigenvalue weighted by molar-refractivity contribution is 0.0669. The maximum atomic E-state index is 12.2. The second-order valence-electron chi connectivity index (χ2n) is 4.48. The van der Waals surface area contributed by atoms with Crippen LogP contribution in [0.3, 0.4) is 0 Å². The first-order chi connectivity index (χ1) is 8.58. The van der Waals surface area contributed by atoms with Crippen LogP contribution in [-0.4, -0.2) is 47.9 Å². The number of nitrogens with two attached hydrogens (primary N) is 1. The van der Waals surface area contributed by atoms with Crippen LogP contribution in [0.15, 0.2) is 24.3 Å². The summed E-state index contributed by atoms with van der Waals surface area (Å²) in [7, 11) is 0. The number of carbonyl (C=O) groups excluding carboxylic acids is 2. The van der Waals surface area contributed by atoms with Crippen molar-refractivity contribution in [3.05, 3.63) is 35.4 Å². The van der Waals surface area contributed by atoms with Crippen LogP contribution in [0.25, 0.3) is 0 Å². The highest BCUT2D eigenvalue weighted by Gasteiger charge is 2.23. The fraction of sp³-hybridized carbons (Fsp3) is 0.385. The van der Waals surface area contributed by atoms with Gasteiger partial charge < -0.3 is 15.5 Å². The Morgan fingerprint density at radius 1 is 1.00 bits per heavy atom. The summed E-state index contributed by atoms with van der Waals surface area (Å²) in [5.74, 6) is 0.0131. The van der Waals surface area contributed by atoms with Gasteiger partial charge in [-0.3, -0.25) is 4.79 Å². The Hall–Kier alpha value is -2.04. The highest BCUT2D eigenvalue weighted by molar-refractivity contribution is 5.94. The number of hydrogen-bond acceptors (Lipinski definition) is 2. The molecule has 96 valence electrons. The molecule has 1 aromatic rings. The first-order valence-corrected chi connectivity index (χ1v) is 5.98. The maximum absolute atomic E-state index is 12.2. The Balaban J connectivity index is 1.99. The second kappa shape index (κ2) is 5.08. The molecule has 1 aliphatic heterocycles. The minimum absolute atomic E-state index is 0.0131. The Morgan fingerprint density at radius 2 is 1.50 bits per heavy atom. The number of rotatable bonds is 1. The van der Waals surface area contributed by atoms with Crippen LogP contribution in [0.2, 0.25) is 0 Å². The molecule has 1 fully saturated rings. The van der Waals surface area contributed by atoms with Gasteiger partial charge in [-0.05, 0) is 19.1 Å². The molecule has 0 spiro atoms. The monoisotopic (exact) mass is 247 g/mol. The third-order valence-corrected chi connectivity index (χ3v) is 3.18. The molecule has 0 atom stereocenters. The molecule has 0 bridgehead atoms. The van der Waals surface area contributed by atoms with Crippen LogP contribution in [-0.2, 0) is 0 Å². The summed E-state index contributed by atoms with van der Waals surface area (Å²) in [6.45, 7) is 4.07. The molecule has 0 radical (unpaired) electrons. The van der Waals surface area contributed by atoms with Gasteiger partial charge in [0, 0.05) is 31.7 Å². The molecule has 5 heteroatoms. The third kappa shape index (κ3) is 2.61. The van der Waals surface area contributed by atoms with Crippen LogP contribution in [0.4, 0.5) is 4.79 Å². The lowest BCUT2D eigenvalue weighted by atomic mass is 10.1. The molecule has 1 aromatic carbocycles. The molecule has 2 rings (SSSR count). The minimum Gasteiger partial charge on any atom is -0.351 e. The Kier molecular flexibility index (Phi) is 3.50. The summed E-state index contributed by atoms with van der Waals surface area (Å²) in [4.78, 5) is 26.5. The number of aryl methyl sites for hydroxylation is 1. The van der Waals surface area contributed by atoms with E-state index in [2.05, 4.69) is 0 Å². The number of hydrogen-bond donors (Lipinski definition) is 1. The van der Waals surface area contributed by atoms with Gasteiger partial charge >= 0.3 is 6.03 Å². The zero-order valence-corrected chi connectivity index (χ0v) is 10.4. The van der Waals surface area contributed by atoms with Gasteiger partial charge in [0.25, 0.3) is 5.91 Å². The number of urea groups is 1. The Morgan fingerprint density at radius 3 is 2.00 bits per heavy atom. The van der Waals surface area contributed by atoms with E-state index in [0.717, 1.165) is 5.56 Å². The lowest BCUT2D eigenvalue weighted by Gasteiger charge is -2.33. The van der Waals surface area contributed by atoms with Crippen LogP contribution in [0.1, 0.15) is 15.9 Å². The molecule has 5 nitrogen and oxygen atoms in total. The molecule has 0 unspecified atom stereocenters. The number of piperazine rings is 1. The molecule has 3 amide bonds. The molecule has 0 saturated carbocycles. The minimum atomic E-state index is -0.419. The van der Waals surface area contributed by atoms with Gasteiger partial charge in [-0.15, -0.1) is 0 Å². The summed E-state index contributed by atoms with van der Waals surface area (Å²) in [5.41, 5.74) is 7.02. The summed E-state index contributed by atoms with van der Waals surface area (Å²) in [5, 5.41) is 0. The van der Waals surface area contributed by atoms with E-state index < -0.39 is 6.03 Å². The predicted octanol–water partition coefficient (Wildman–Crippen LogP) is 0.832. The molecule has 1 heterocycles. The molecule has 18 heavy (non-hydrogen) atoms. The van der Waals surface area contributed by atoms with E-state index in [1.165, 1.54) is 0 Å². The van der Waals surface area contributed by atoms with Crippen molar-refractivity contribution in [2.45, 2.75) is 6.92 Å². The van der Waals surface area contributed by atoms with Gasteiger partial charge in [0.2, 0.25) is 0 Å². The van der Waals surface area contributed by atoms with Gasteiger partial charge in [0.15, 0.2) is 0 Å². The zero-order valence-electron chi connectivity index (χ0n) is 10.4. The maximum Gasteiger partial charge on any atom is 0.314 e. The predicted molar refractivity (Wildman–Crippen MR) is 68.2 cm³/mol.